The molecule has 0 atom stereocenters. The van der Waals surface area contributed by atoms with Crippen LogP contribution in [0.15, 0.2) is 48.5 Å². The molecule has 2 aromatic heterocycles. The summed E-state index contributed by atoms with van der Waals surface area (Å²) in [5.41, 5.74) is 3.68. The summed E-state index contributed by atoms with van der Waals surface area (Å²) < 4.78 is 41.6. The summed E-state index contributed by atoms with van der Waals surface area (Å²) >= 11 is 1.31. The van der Waals surface area contributed by atoms with Crippen molar-refractivity contribution in [2.24, 2.45) is 5.92 Å². The monoisotopic (exact) mass is 649 g/mol. The molecular weight excluding hydrogens is 615 g/mol. The second-order valence-corrected chi connectivity index (χ2v) is 13.1. The minimum absolute atomic E-state index is 0.0110. The van der Waals surface area contributed by atoms with Crippen LogP contribution in [0.5, 0.6) is 0 Å². The molecule has 13 heteroatoms. The van der Waals surface area contributed by atoms with Crippen LogP contribution in [0.4, 0.5) is 34.5 Å². The molecule has 2 aromatic carbocycles. The number of piperazine rings is 1. The summed E-state index contributed by atoms with van der Waals surface area (Å²) in [5, 5.41) is 6.14. The molecule has 46 heavy (non-hydrogen) atoms. The first-order chi connectivity index (χ1) is 22.1. The lowest BCUT2D eigenvalue weighted by atomic mass is 10.1. The van der Waals surface area contributed by atoms with Gasteiger partial charge in [-0.05, 0) is 73.3 Å². The van der Waals surface area contributed by atoms with E-state index in [2.05, 4.69) is 32.3 Å². The van der Waals surface area contributed by atoms with Crippen LogP contribution in [-0.2, 0) is 23.9 Å². The van der Waals surface area contributed by atoms with Crippen LogP contribution >= 0.6 is 11.3 Å². The first-order valence-electron chi connectivity index (χ1n) is 15.6. The van der Waals surface area contributed by atoms with Gasteiger partial charge in [0.2, 0.25) is 5.91 Å². The van der Waals surface area contributed by atoms with Gasteiger partial charge in [-0.2, -0.15) is 13.2 Å². The minimum atomic E-state index is -4.54. The molecule has 2 aliphatic heterocycles. The number of hydrogen-bond donors (Lipinski definition) is 2. The summed E-state index contributed by atoms with van der Waals surface area (Å²) in [5.74, 6) is 0.0627. The number of carbonyl (C=O) groups excluding carboxylic acids is 2. The van der Waals surface area contributed by atoms with Crippen molar-refractivity contribution < 1.29 is 22.8 Å². The highest BCUT2D eigenvalue weighted by Gasteiger charge is 2.33. The Kier molecular flexibility index (Phi) is 8.16. The van der Waals surface area contributed by atoms with E-state index in [1.54, 1.807) is 11.0 Å². The molecule has 1 aliphatic carbocycles. The number of thiazole rings is 1. The van der Waals surface area contributed by atoms with Gasteiger partial charge in [0.05, 0.1) is 11.3 Å². The first kappa shape index (κ1) is 30.6. The lowest BCUT2D eigenvalue weighted by Gasteiger charge is -2.34. The average Bonchev–Trinajstić information content (AvgIpc) is 3.68. The van der Waals surface area contributed by atoms with Crippen LogP contribution in [0, 0.1) is 5.92 Å². The first-order valence-corrected chi connectivity index (χ1v) is 16.4. The van der Waals surface area contributed by atoms with Gasteiger partial charge in [-0.25, -0.2) is 14.8 Å². The predicted molar refractivity (Wildman–Crippen MR) is 173 cm³/mol. The SMILES string of the molecule is CCN1CCN(Cc2cc(NC(=O)N3CCc4ccc(-c5ccc6nc(NC(=O)C7CC7)sc6n5)cc43)cc(C(F)(F)F)c2)CC1. The van der Waals surface area contributed by atoms with Gasteiger partial charge in [-0.3, -0.25) is 14.6 Å². The number of pyridine rings is 1. The number of halogens is 3. The highest BCUT2D eigenvalue weighted by atomic mass is 32.1. The number of alkyl halides is 3. The van der Waals surface area contributed by atoms with Gasteiger partial charge < -0.3 is 15.5 Å². The molecule has 3 amide bonds. The molecule has 0 bridgehead atoms. The third-order valence-electron chi connectivity index (χ3n) is 8.85. The van der Waals surface area contributed by atoms with Gasteiger partial charge in [0.15, 0.2) is 5.13 Å². The molecule has 0 spiro atoms. The van der Waals surface area contributed by atoms with Crippen LogP contribution in [0.2, 0.25) is 0 Å². The van der Waals surface area contributed by atoms with Crippen LogP contribution in [0.1, 0.15) is 36.5 Å². The van der Waals surface area contributed by atoms with E-state index in [0.29, 0.717) is 51.9 Å². The highest BCUT2D eigenvalue weighted by molar-refractivity contribution is 7.22. The molecule has 3 aliphatic rings. The lowest BCUT2D eigenvalue weighted by molar-refractivity contribution is -0.137. The zero-order chi connectivity index (χ0) is 32.0. The number of nitrogens with one attached hydrogen (secondary N) is 2. The van der Waals surface area contributed by atoms with E-state index in [4.69, 9.17) is 4.98 Å². The fraction of sp³-hybridized carbons (Fsp3) is 0.394. The Balaban J connectivity index is 1.09. The summed E-state index contributed by atoms with van der Waals surface area (Å²) in [6.07, 6.45) is -2.10. The molecule has 2 fully saturated rings. The Labute approximate surface area is 268 Å². The Bertz CT molecular complexity index is 1800. The van der Waals surface area contributed by atoms with Gasteiger partial charge in [-0.15, -0.1) is 0 Å². The number of fused-ring (bicyclic) bond motifs is 2. The van der Waals surface area contributed by atoms with Gasteiger partial charge >= 0.3 is 12.2 Å². The lowest BCUT2D eigenvalue weighted by Crippen LogP contribution is -2.45. The van der Waals surface area contributed by atoms with Crippen molar-refractivity contribution in [1.29, 1.82) is 0 Å². The maximum Gasteiger partial charge on any atom is 0.416 e. The molecule has 0 unspecified atom stereocenters. The fourth-order valence-corrected chi connectivity index (χ4v) is 6.91. The van der Waals surface area contributed by atoms with E-state index in [1.165, 1.54) is 17.4 Å². The summed E-state index contributed by atoms with van der Waals surface area (Å²) in [7, 11) is 0. The van der Waals surface area contributed by atoms with Gasteiger partial charge in [-0.1, -0.05) is 30.4 Å². The van der Waals surface area contributed by atoms with Crippen molar-refractivity contribution in [2.75, 3.05) is 54.8 Å². The molecule has 7 rings (SSSR count). The number of hydrogen-bond acceptors (Lipinski definition) is 7. The average molecular weight is 650 g/mol. The van der Waals surface area contributed by atoms with Crippen LogP contribution in [0.25, 0.3) is 21.6 Å². The zero-order valence-corrected chi connectivity index (χ0v) is 26.2. The molecule has 0 radical (unpaired) electrons. The Morgan fingerprint density at radius 3 is 2.46 bits per heavy atom. The Morgan fingerprint density at radius 2 is 1.72 bits per heavy atom. The maximum atomic E-state index is 13.9. The summed E-state index contributed by atoms with van der Waals surface area (Å²) in [6, 6.07) is 12.8. The van der Waals surface area contributed by atoms with E-state index in [9.17, 15) is 22.8 Å². The van der Waals surface area contributed by atoms with Crippen LogP contribution in [0.3, 0.4) is 0 Å². The molecular formula is C33H34F3N7O2S. The molecule has 1 saturated heterocycles. The van der Waals surface area contributed by atoms with E-state index < -0.39 is 17.8 Å². The van der Waals surface area contributed by atoms with Crippen LogP contribution in [-0.4, -0.2) is 71.0 Å². The van der Waals surface area contributed by atoms with Gasteiger partial charge in [0.1, 0.15) is 10.3 Å². The van der Waals surface area contributed by atoms with Crippen molar-refractivity contribution >= 4 is 50.1 Å². The fourth-order valence-electron chi connectivity index (χ4n) is 6.07. The third-order valence-corrected chi connectivity index (χ3v) is 9.73. The molecule has 4 heterocycles. The number of nitrogens with zero attached hydrogens (tertiary/aromatic N) is 5. The number of benzene rings is 2. The Morgan fingerprint density at radius 1 is 0.935 bits per heavy atom. The standard InChI is InChI=1S/C33H34F3N7O2S/c1-2-41-11-13-42(14-12-41)19-20-15-24(33(34,35)36)18-25(16-20)37-32(45)43-10-9-21-3-6-23(17-28(21)43)26-7-8-27-30(38-26)46-31(39-27)40-29(44)22-4-5-22/h3,6-8,15-18,22H,2,4-5,9-14,19H2,1H3,(H,37,45)(H,39,40,44). The number of rotatable bonds is 7. The molecule has 1 saturated carbocycles. The van der Waals surface area contributed by atoms with Crippen molar-refractivity contribution in [3.8, 4) is 11.3 Å². The zero-order valence-electron chi connectivity index (χ0n) is 25.4. The normalized spacial score (nSPS) is 17.3. The Hall–Kier alpha value is -4.07. The number of urea groups is 1. The maximum absolute atomic E-state index is 13.9. The quantitative estimate of drug-likeness (QED) is 0.239. The van der Waals surface area contributed by atoms with Gasteiger partial charge in [0.25, 0.3) is 0 Å². The molecule has 9 nitrogen and oxygen atoms in total. The topological polar surface area (TPSA) is 93.7 Å². The van der Waals surface area contributed by atoms with E-state index >= 15 is 0 Å². The molecule has 4 aromatic rings. The van der Waals surface area contributed by atoms with E-state index in [0.717, 1.165) is 62.8 Å². The van der Waals surface area contributed by atoms with Crippen molar-refractivity contribution in [1.82, 2.24) is 19.8 Å². The number of likely N-dealkylation sites (N-methyl/N-ethyl adjacent to an activating group) is 1. The summed E-state index contributed by atoms with van der Waals surface area (Å²) in [4.78, 5) is 41.7. The van der Waals surface area contributed by atoms with Crippen LogP contribution < -0.4 is 15.5 Å². The number of carbonyl (C=O) groups is 2. The van der Waals surface area contributed by atoms with E-state index in [1.807, 2.05) is 30.3 Å². The van der Waals surface area contributed by atoms with Crippen molar-refractivity contribution in [3.63, 3.8) is 0 Å². The van der Waals surface area contributed by atoms with Gasteiger partial charge in [0, 0.05) is 62.1 Å². The molecule has 2 N–H and O–H groups in total. The van der Waals surface area contributed by atoms with Crippen molar-refractivity contribution in [3.05, 3.63) is 65.2 Å². The number of aromatic nitrogens is 2. The minimum Gasteiger partial charge on any atom is -0.308 e. The van der Waals surface area contributed by atoms with Crippen molar-refractivity contribution in [2.45, 2.75) is 38.9 Å². The van der Waals surface area contributed by atoms with E-state index in [-0.39, 0.29) is 17.5 Å². The smallest absolute Gasteiger partial charge is 0.308 e. The number of anilines is 3. The summed E-state index contributed by atoms with van der Waals surface area (Å²) in [6.45, 7) is 7.15. The predicted octanol–water partition coefficient (Wildman–Crippen LogP) is 6.46. The second kappa shape index (κ2) is 12.3. The number of amides is 3. The molecule has 240 valence electrons. The third kappa shape index (κ3) is 6.58. The highest BCUT2D eigenvalue weighted by Crippen LogP contribution is 2.36. The largest absolute Gasteiger partial charge is 0.416 e. The second-order valence-electron chi connectivity index (χ2n) is 12.1.